The molecule has 11 nitrogen and oxygen atoms in total. The molecule has 0 saturated heterocycles. The first kappa shape index (κ1) is 40.0. The fourth-order valence-electron chi connectivity index (χ4n) is 5.25. The van der Waals surface area contributed by atoms with Crippen LogP contribution in [0.5, 0.6) is 0 Å². The van der Waals surface area contributed by atoms with Gasteiger partial charge in [0.25, 0.3) is 6.36 Å². The second-order valence-electron chi connectivity index (χ2n) is 12.7. The highest BCUT2D eigenvalue weighted by atomic mass is 19.2. The summed E-state index contributed by atoms with van der Waals surface area (Å²) >= 11 is 0. The van der Waals surface area contributed by atoms with Crippen molar-refractivity contribution >= 4 is 73.7 Å². The Balaban J connectivity index is 1.45. The minimum absolute atomic E-state index is 0.0102. The number of methoxy groups -OCH3 is 1. The summed E-state index contributed by atoms with van der Waals surface area (Å²) in [6.07, 6.45) is -1.25. The van der Waals surface area contributed by atoms with Crippen molar-refractivity contribution in [3.8, 4) is 0 Å². The van der Waals surface area contributed by atoms with Crippen molar-refractivity contribution in [1.82, 2.24) is 19.9 Å². The number of hydrogen-bond acceptors (Lipinski definition) is 11. The van der Waals surface area contributed by atoms with Gasteiger partial charge < -0.3 is 19.9 Å². The zero-order chi connectivity index (χ0) is 41.5. The number of carbonyl (C=O) groups excluding carboxylic acids is 2. The molecule has 0 saturated carbocycles. The molecule has 0 bridgehead atoms. The van der Waals surface area contributed by atoms with Crippen LogP contribution in [0.25, 0.3) is 44.1 Å². The number of esters is 2. The van der Waals surface area contributed by atoms with Gasteiger partial charge >= 0.3 is 11.9 Å². The molecule has 57 heavy (non-hydrogen) atoms. The van der Waals surface area contributed by atoms with E-state index in [0.717, 1.165) is 6.07 Å². The molecule has 2 heterocycles. The molecule has 0 fully saturated rings. The molecule has 2 aromatic heterocycles. The number of allylic oxidation sites excluding steroid dienone is 1. The van der Waals surface area contributed by atoms with E-state index in [9.17, 15) is 44.7 Å². The predicted octanol–water partition coefficient (Wildman–Crippen LogP) is 8.47. The molecule has 6 aromatic rings. The van der Waals surface area contributed by atoms with E-state index in [1.165, 1.54) is 43.7 Å². The molecule has 0 spiro atoms. The molecule has 19 heteroatoms. The lowest BCUT2D eigenvalue weighted by Crippen LogP contribution is -2.24. The van der Waals surface area contributed by atoms with Crippen molar-refractivity contribution in [1.29, 1.82) is 0 Å². The number of nitrogen functional groups attached to an aromatic ring is 1. The SMILES string of the molecule is C=C(F)C(F)C(F)OC(=O)c1ccc2nc3c(nc2c1)c(N)c(N=C/C=C\C(C)(C)OC)c1nc2cc(C(=O)OCc4c(F)c(F)c(F)c(F)c4F)ccc2nc13. The number of aromatic nitrogens is 4. The number of ether oxygens (including phenoxy) is 3. The fourth-order valence-corrected chi connectivity index (χ4v) is 5.25. The third-order valence-corrected chi connectivity index (χ3v) is 8.47. The van der Waals surface area contributed by atoms with Gasteiger partial charge in [-0.25, -0.2) is 60.3 Å². The third-order valence-electron chi connectivity index (χ3n) is 8.47. The summed E-state index contributed by atoms with van der Waals surface area (Å²) in [5, 5.41) is 0. The molecule has 2 N–H and O–H groups in total. The van der Waals surface area contributed by atoms with Crippen LogP contribution >= 0.6 is 0 Å². The van der Waals surface area contributed by atoms with Gasteiger partial charge in [-0.15, -0.1) is 0 Å². The summed E-state index contributed by atoms with van der Waals surface area (Å²) in [7, 11) is 1.50. The van der Waals surface area contributed by atoms with Gasteiger partial charge in [-0.1, -0.05) is 12.7 Å². The number of hydrogen-bond donors (Lipinski definition) is 1. The Hall–Kier alpha value is -6.63. The number of benzene rings is 4. The molecule has 6 rings (SSSR count). The number of carbonyl (C=O) groups is 2. The molecule has 0 aliphatic rings. The summed E-state index contributed by atoms with van der Waals surface area (Å²) < 4.78 is 125. The van der Waals surface area contributed by atoms with Gasteiger partial charge in [0.2, 0.25) is 12.0 Å². The van der Waals surface area contributed by atoms with Crippen LogP contribution in [0.4, 0.5) is 46.5 Å². The lowest BCUT2D eigenvalue weighted by Gasteiger charge is -2.16. The van der Waals surface area contributed by atoms with Crippen molar-refractivity contribution in [3.63, 3.8) is 0 Å². The van der Waals surface area contributed by atoms with Crippen LogP contribution in [0.15, 0.2) is 65.9 Å². The molecule has 0 amide bonds. The first-order valence-corrected chi connectivity index (χ1v) is 16.3. The highest BCUT2D eigenvalue weighted by Crippen LogP contribution is 2.39. The average molecular weight is 799 g/mol. The number of nitrogens with two attached hydrogens (primary N) is 1. The maximum absolute atomic E-state index is 14.2. The van der Waals surface area contributed by atoms with E-state index in [1.807, 2.05) is 0 Å². The summed E-state index contributed by atoms with van der Waals surface area (Å²) in [6.45, 7) is 4.93. The van der Waals surface area contributed by atoms with E-state index in [2.05, 4.69) is 36.2 Å². The largest absolute Gasteiger partial charge is 0.457 e. The maximum Gasteiger partial charge on any atom is 0.340 e. The Labute approximate surface area is 315 Å². The van der Waals surface area contributed by atoms with Crippen LogP contribution in [0.3, 0.4) is 0 Å². The van der Waals surface area contributed by atoms with E-state index < -0.39 is 77.2 Å². The number of halogens is 8. The zero-order valence-corrected chi connectivity index (χ0v) is 29.6. The first-order chi connectivity index (χ1) is 26.9. The molecule has 0 radical (unpaired) electrons. The van der Waals surface area contributed by atoms with Gasteiger partial charge in [-0.3, -0.25) is 4.99 Å². The molecular weight excluding hydrogens is 772 g/mol. The van der Waals surface area contributed by atoms with Gasteiger partial charge in [0, 0.05) is 13.3 Å². The van der Waals surface area contributed by atoms with E-state index in [1.54, 1.807) is 26.0 Å². The Morgan fingerprint density at radius 1 is 0.807 bits per heavy atom. The normalized spacial score (nSPS) is 13.3. The highest BCUT2D eigenvalue weighted by molar-refractivity contribution is 6.16. The number of nitrogens with zero attached hydrogens (tertiary/aromatic N) is 5. The van der Waals surface area contributed by atoms with Crippen molar-refractivity contribution in [2.45, 2.75) is 38.6 Å². The third kappa shape index (κ3) is 7.77. The number of aliphatic imine (C=N–C) groups is 1. The summed E-state index contributed by atoms with van der Waals surface area (Å²) in [5.41, 5.74) is 4.68. The number of fused-ring (bicyclic) bond motifs is 5. The standard InChI is InChI=1S/C38H26F8N6O5/c1-15(39)23(40)35(46)57-37(54)17-7-9-19-21(13-17)51-31-29(47)30(48-11-5-10-38(2,3)55-4)32-34(33(31)49-19)50-20-8-6-16(12-22(20)52-32)36(53)56-14-18-24(41)26(43)28(45)27(44)25(18)42/h5-13,23,35H,1,14,47H2,2-4H3/b10-5-,48-11?. The fraction of sp³-hybridized carbons (Fsp3) is 0.184. The van der Waals surface area contributed by atoms with E-state index in [4.69, 9.17) is 15.2 Å². The number of alkyl halides is 2. The van der Waals surface area contributed by atoms with E-state index in [-0.39, 0.29) is 66.6 Å². The van der Waals surface area contributed by atoms with Crippen LogP contribution in [-0.4, -0.2) is 63.3 Å². The average Bonchev–Trinajstić information content (AvgIpc) is 3.19. The van der Waals surface area contributed by atoms with Gasteiger partial charge in [0.05, 0.1) is 50.0 Å². The Bertz CT molecular complexity index is 2700. The van der Waals surface area contributed by atoms with Crippen LogP contribution < -0.4 is 5.73 Å². The van der Waals surface area contributed by atoms with Crippen molar-refractivity contribution in [2.75, 3.05) is 12.8 Å². The molecule has 0 aliphatic carbocycles. The smallest absolute Gasteiger partial charge is 0.340 e. The summed E-state index contributed by atoms with van der Waals surface area (Å²) in [6, 6.07) is 7.41. The molecule has 0 aliphatic heterocycles. The minimum Gasteiger partial charge on any atom is -0.457 e. The van der Waals surface area contributed by atoms with E-state index in [0.29, 0.717) is 0 Å². The van der Waals surface area contributed by atoms with Gasteiger partial charge in [0.15, 0.2) is 23.3 Å². The predicted molar refractivity (Wildman–Crippen MR) is 191 cm³/mol. The monoisotopic (exact) mass is 798 g/mol. The minimum atomic E-state index is -2.97. The van der Waals surface area contributed by atoms with Crippen molar-refractivity contribution in [3.05, 3.63) is 107 Å². The topological polar surface area (TPSA) is 152 Å². The quantitative estimate of drug-likeness (QED) is 0.0198. The lowest BCUT2D eigenvalue weighted by molar-refractivity contribution is -0.0494. The maximum atomic E-state index is 14.2. The molecule has 294 valence electrons. The second kappa shape index (κ2) is 15.5. The highest BCUT2D eigenvalue weighted by Gasteiger charge is 2.29. The first-order valence-electron chi connectivity index (χ1n) is 16.3. The molecule has 2 atom stereocenters. The van der Waals surface area contributed by atoms with Crippen LogP contribution in [-0.2, 0) is 20.8 Å². The summed E-state index contributed by atoms with van der Waals surface area (Å²) in [4.78, 5) is 48.4. The van der Waals surface area contributed by atoms with Crippen LogP contribution in [0.2, 0.25) is 0 Å². The molecule has 2 unspecified atom stereocenters. The molecule has 4 aromatic carbocycles. The molecular formula is C38H26F8N6O5. The van der Waals surface area contributed by atoms with Gasteiger partial charge in [-0.2, -0.15) is 4.39 Å². The van der Waals surface area contributed by atoms with Gasteiger partial charge in [-0.05, 0) is 56.3 Å². The van der Waals surface area contributed by atoms with Crippen molar-refractivity contribution in [2.24, 2.45) is 4.99 Å². The Morgan fingerprint density at radius 2 is 1.32 bits per heavy atom. The Morgan fingerprint density at radius 3 is 1.88 bits per heavy atom. The number of rotatable bonds is 11. The van der Waals surface area contributed by atoms with Crippen molar-refractivity contribution < 1.29 is 58.9 Å². The van der Waals surface area contributed by atoms with Crippen LogP contribution in [0.1, 0.15) is 40.1 Å². The second-order valence-corrected chi connectivity index (χ2v) is 12.7. The van der Waals surface area contributed by atoms with Gasteiger partial charge in [0.1, 0.15) is 40.2 Å². The Kier molecular flexibility index (Phi) is 10.9. The van der Waals surface area contributed by atoms with E-state index >= 15 is 0 Å². The zero-order valence-electron chi connectivity index (χ0n) is 29.6. The lowest BCUT2D eigenvalue weighted by atomic mass is 10.1. The summed E-state index contributed by atoms with van der Waals surface area (Å²) in [5.74, 6) is -15.3. The number of anilines is 1. The van der Waals surface area contributed by atoms with Crippen LogP contribution in [0, 0.1) is 29.1 Å².